The molecule has 2 aromatic heterocycles. The Morgan fingerprint density at radius 2 is 2.08 bits per heavy atom. The van der Waals surface area contributed by atoms with Gasteiger partial charge in [0.25, 0.3) is 0 Å². The Balaban J connectivity index is 1.45. The maximum atomic E-state index is 15.1. The van der Waals surface area contributed by atoms with Gasteiger partial charge in [-0.25, -0.2) is 18.6 Å². The molecule has 0 bridgehead atoms. The van der Waals surface area contributed by atoms with Crippen molar-refractivity contribution in [1.29, 1.82) is 5.26 Å². The summed E-state index contributed by atoms with van der Waals surface area (Å²) in [4.78, 5) is 31.2. The molecular weight excluding hydrogens is 532 g/mol. The fourth-order valence-electron chi connectivity index (χ4n) is 5.84. The second kappa shape index (κ2) is 10.5. The number of hydrogen-bond donors (Lipinski definition) is 0. The average Bonchev–Trinajstić information content (AvgIpc) is 3.39. The van der Waals surface area contributed by atoms with E-state index < -0.39 is 35.3 Å². The van der Waals surface area contributed by atoms with Gasteiger partial charge in [0, 0.05) is 38.8 Å². The van der Waals surface area contributed by atoms with E-state index in [0.717, 1.165) is 19.4 Å². The number of ether oxygens (including phenoxy) is 2. The fraction of sp³-hybridized carbons (Fsp3) is 0.654. The summed E-state index contributed by atoms with van der Waals surface area (Å²) in [7, 11) is 0. The molecule has 3 aliphatic rings. The smallest absolute Gasteiger partial charge is 0.410 e. The van der Waals surface area contributed by atoms with Crippen LogP contribution in [0.4, 0.5) is 19.4 Å². The van der Waals surface area contributed by atoms with Crippen LogP contribution in [0.2, 0.25) is 5.15 Å². The summed E-state index contributed by atoms with van der Waals surface area (Å²) < 4.78 is 41.0. The number of pyridine rings is 1. The zero-order valence-corrected chi connectivity index (χ0v) is 23.0. The van der Waals surface area contributed by atoms with E-state index in [2.05, 4.69) is 25.9 Å². The van der Waals surface area contributed by atoms with Crippen LogP contribution in [0.1, 0.15) is 46.5 Å². The van der Waals surface area contributed by atoms with E-state index in [9.17, 15) is 14.4 Å². The van der Waals surface area contributed by atoms with E-state index in [1.54, 1.807) is 25.7 Å². The van der Waals surface area contributed by atoms with Crippen LogP contribution in [0, 0.1) is 17.1 Å². The number of hydrogen-bond acceptors (Lipinski definition) is 9. The number of alkyl halides is 1. The van der Waals surface area contributed by atoms with Crippen molar-refractivity contribution in [2.24, 2.45) is 0 Å². The Morgan fingerprint density at radius 1 is 1.28 bits per heavy atom. The molecule has 5 rings (SSSR count). The van der Waals surface area contributed by atoms with Gasteiger partial charge in [0.05, 0.1) is 29.5 Å². The first-order chi connectivity index (χ1) is 18.5. The Morgan fingerprint density at radius 3 is 2.82 bits per heavy atom. The van der Waals surface area contributed by atoms with Crippen molar-refractivity contribution >= 4 is 34.4 Å². The molecule has 0 spiro atoms. The molecule has 0 saturated carbocycles. The molecule has 0 aromatic carbocycles. The number of piperazine rings is 1. The SMILES string of the molecule is CC(C)(C)OC(=O)N1CCN(c2nc(OC[C@@]34CCCN3C[C@H](F)C4)nc3c(F)c(Cl)ncc23)C[C@@H]1CC#N. The van der Waals surface area contributed by atoms with Gasteiger partial charge >= 0.3 is 12.1 Å². The number of anilines is 1. The minimum absolute atomic E-state index is 0.0445. The summed E-state index contributed by atoms with van der Waals surface area (Å²) >= 11 is 5.97. The van der Waals surface area contributed by atoms with Crippen molar-refractivity contribution in [2.75, 3.05) is 44.2 Å². The summed E-state index contributed by atoms with van der Waals surface area (Å²) in [5.41, 5.74) is -1.15. The van der Waals surface area contributed by atoms with Crippen molar-refractivity contribution in [3.8, 4) is 12.1 Å². The van der Waals surface area contributed by atoms with Gasteiger partial charge in [-0.3, -0.25) is 4.90 Å². The van der Waals surface area contributed by atoms with E-state index in [4.69, 9.17) is 21.1 Å². The monoisotopic (exact) mass is 563 g/mol. The number of fused-ring (bicyclic) bond motifs is 2. The number of carbonyl (C=O) groups is 1. The molecule has 3 aliphatic heterocycles. The highest BCUT2D eigenvalue weighted by atomic mass is 35.5. The summed E-state index contributed by atoms with van der Waals surface area (Å²) in [6, 6.07) is 1.61. The van der Waals surface area contributed by atoms with Crippen LogP contribution in [-0.2, 0) is 4.74 Å². The van der Waals surface area contributed by atoms with Gasteiger partial charge in [-0.1, -0.05) is 11.6 Å². The maximum Gasteiger partial charge on any atom is 0.410 e. The summed E-state index contributed by atoms with van der Waals surface area (Å²) in [6.45, 7) is 7.59. The van der Waals surface area contributed by atoms with E-state index >= 15 is 4.39 Å². The molecule has 210 valence electrons. The van der Waals surface area contributed by atoms with Gasteiger partial charge in [-0.05, 0) is 40.2 Å². The largest absolute Gasteiger partial charge is 0.461 e. The third-order valence-electron chi connectivity index (χ3n) is 7.57. The van der Waals surface area contributed by atoms with Crippen LogP contribution in [-0.4, -0.2) is 93.5 Å². The molecule has 0 aliphatic carbocycles. The lowest BCUT2D eigenvalue weighted by atomic mass is 9.95. The van der Waals surface area contributed by atoms with Crippen LogP contribution in [0.3, 0.4) is 0 Å². The lowest BCUT2D eigenvalue weighted by molar-refractivity contribution is 0.0145. The number of amides is 1. The summed E-state index contributed by atoms with van der Waals surface area (Å²) in [5, 5.41) is 9.46. The minimum atomic E-state index is -0.914. The number of nitriles is 1. The quantitative estimate of drug-likeness (QED) is 0.496. The van der Waals surface area contributed by atoms with Gasteiger partial charge < -0.3 is 19.3 Å². The van der Waals surface area contributed by atoms with Crippen molar-refractivity contribution in [1.82, 2.24) is 24.8 Å². The lowest BCUT2D eigenvalue weighted by Crippen LogP contribution is -2.56. The number of aromatic nitrogens is 3. The summed E-state index contributed by atoms with van der Waals surface area (Å²) in [6.07, 6.45) is 2.20. The van der Waals surface area contributed by atoms with Crippen LogP contribution in [0.5, 0.6) is 6.01 Å². The lowest BCUT2D eigenvalue weighted by Gasteiger charge is -2.41. The van der Waals surface area contributed by atoms with Crippen LogP contribution in [0.15, 0.2) is 6.20 Å². The van der Waals surface area contributed by atoms with Crippen LogP contribution >= 0.6 is 11.6 Å². The first-order valence-corrected chi connectivity index (χ1v) is 13.5. The Labute approximate surface area is 230 Å². The molecule has 1 amide bonds. The average molecular weight is 564 g/mol. The summed E-state index contributed by atoms with van der Waals surface area (Å²) in [5.74, 6) is -0.436. The third kappa shape index (κ3) is 5.52. The fourth-order valence-corrected chi connectivity index (χ4v) is 5.98. The molecular formula is C26H32ClF2N7O3. The van der Waals surface area contributed by atoms with E-state index in [1.807, 2.05) is 4.90 Å². The second-order valence-corrected chi connectivity index (χ2v) is 11.8. The van der Waals surface area contributed by atoms with E-state index in [0.29, 0.717) is 30.7 Å². The number of halogens is 3. The Hall–Kier alpha value is -3.04. The standard InChI is InChI=1S/C26H32ClF2N7O3/c1-25(2,3)39-24(37)36-10-9-34(14-17(36)5-7-30)22-18-12-31-21(27)19(29)20(18)32-23(33-22)38-15-26-6-4-8-35(26)13-16(28)11-26/h12,16-17H,4-6,8-11,13-15H2,1-3H3/t16-,17+,26+/m1/s1. The minimum Gasteiger partial charge on any atom is -0.461 e. The van der Waals surface area contributed by atoms with Crippen molar-refractivity contribution < 1.29 is 23.0 Å². The molecule has 3 fully saturated rings. The van der Waals surface area contributed by atoms with Gasteiger partial charge in [-0.2, -0.15) is 15.2 Å². The van der Waals surface area contributed by atoms with Crippen molar-refractivity contribution in [3.63, 3.8) is 0 Å². The second-order valence-electron chi connectivity index (χ2n) is 11.5. The highest BCUT2D eigenvalue weighted by Crippen LogP contribution is 2.40. The van der Waals surface area contributed by atoms with E-state index in [1.165, 1.54) is 6.20 Å². The Bertz CT molecular complexity index is 1300. The highest BCUT2D eigenvalue weighted by Gasteiger charge is 2.49. The van der Waals surface area contributed by atoms with E-state index in [-0.39, 0.29) is 42.8 Å². The maximum absolute atomic E-state index is 15.1. The molecule has 3 saturated heterocycles. The number of nitrogens with zero attached hydrogens (tertiary/aromatic N) is 7. The molecule has 0 unspecified atom stereocenters. The molecule has 5 heterocycles. The van der Waals surface area contributed by atoms with Gasteiger partial charge in [0.1, 0.15) is 29.7 Å². The topological polar surface area (TPSA) is 108 Å². The Kier molecular flexibility index (Phi) is 7.41. The molecule has 10 nitrogen and oxygen atoms in total. The predicted molar refractivity (Wildman–Crippen MR) is 140 cm³/mol. The van der Waals surface area contributed by atoms with Crippen LogP contribution < -0.4 is 9.64 Å². The zero-order valence-electron chi connectivity index (χ0n) is 22.3. The number of carbonyl (C=O) groups excluding carboxylic acids is 1. The molecule has 0 N–H and O–H groups in total. The molecule has 0 radical (unpaired) electrons. The van der Waals surface area contributed by atoms with Crippen LogP contribution in [0.25, 0.3) is 10.9 Å². The number of rotatable bonds is 5. The molecule has 2 aromatic rings. The predicted octanol–water partition coefficient (Wildman–Crippen LogP) is 4.11. The van der Waals surface area contributed by atoms with Crippen molar-refractivity contribution in [3.05, 3.63) is 17.2 Å². The van der Waals surface area contributed by atoms with Gasteiger partial charge in [-0.15, -0.1) is 0 Å². The first-order valence-electron chi connectivity index (χ1n) is 13.1. The van der Waals surface area contributed by atoms with Crippen molar-refractivity contribution in [2.45, 2.75) is 69.8 Å². The molecule has 39 heavy (non-hydrogen) atoms. The first kappa shape index (κ1) is 27.5. The zero-order chi connectivity index (χ0) is 27.9. The van der Waals surface area contributed by atoms with Gasteiger partial charge in [0.15, 0.2) is 11.0 Å². The third-order valence-corrected chi connectivity index (χ3v) is 7.83. The molecule has 3 atom stereocenters. The molecule has 13 heteroatoms. The normalized spacial score (nSPS) is 25.6. The highest BCUT2D eigenvalue weighted by molar-refractivity contribution is 6.30. The van der Waals surface area contributed by atoms with Gasteiger partial charge in [0.2, 0.25) is 0 Å².